The first kappa shape index (κ1) is 9.73. The summed E-state index contributed by atoms with van der Waals surface area (Å²) in [6.07, 6.45) is 4.57. The zero-order valence-corrected chi connectivity index (χ0v) is 7.47. The summed E-state index contributed by atoms with van der Waals surface area (Å²) in [6.45, 7) is 0. The Labute approximate surface area is 76.2 Å². The van der Waals surface area contributed by atoms with Crippen molar-refractivity contribution in [3.63, 3.8) is 0 Å². The van der Waals surface area contributed by atoms with E-state index >= 15 is 0 Å². The summed E-state index contributed by atoms with van der Waals surface area (Å²) in [7, 11) is 1.87. The van der Waals surface area contributed by atoms with Crippen molar-refractivity contribution in [2.75, 3.05) is 0 Å². The third-order valence-corrected chi connectivity index (χ3v) is 1.79. The van der Waals surface area contributed by atoms with Gasteiger partial charge in [-0.3, -0.25) is 4.79 Å². The molecule has 0 amide bonds. The van der Waals surface area contributed by atoms with E-state index in [1.54, 1.807) is 6.33 Å². The van der Waals surface area contributed by atoms with Crippen LogP contribution in [0.15, 0.2) is 12.5 Å². The lowest BCUT2D eigenvalue weighted by molar-refractivity contribution is -0.138. The third kappa shape index (κ3) is 2.87. The quantitative estimate of drug-likeness (QED) is 0.675. The number of hydrogen-bond donors (Lipinski definition) is 2. The fraction of sp³-hybridized carbons (Fsp3) is 0.500. The van der Waals surface area contributed by atoms with Crippen molar-refractivity contribution in [2.45, 2.75) is 18.9 Å². The zero-order valence-electron chi connectivity index (χ0n) is 7.47. The number of carboxylic acids is 1. The van der Waals surface area contributed by atoms with Crippen molar-refractivity contribution in [2.24, 2.45) is 12.8 Å². The lowest BCUT2D eigenvalue weighted by Gasteiger charge is -2.03. The van der Waals surface area contributed by atoms with E-state index in [0.29, 0.717) is 12.8 Å². The third-order valence-electron chi connectivity index (χ3n) is 1.79. The van der Waals surface area contributed by atoms with Crippen molar-refractivity contribution >= 4 is 5.97 Å². The first-order valence-corrected chi connectivity index (χ1v) is 4.05. The molecule has 0 aromatic carbocycles. The van der Waals surface area contributed by atoms with Crippen LogP contribution in [0, 0.1) is 0 Å². The van der Waals surface area contributed by atoms with Gasteiger partial charge in [0, 0.05) is 13.2 Å². The van der Waals surface area contributed by atoms with Gasteiger partial charge in [-0.25, -0.2) is 4.98 Å². The predicted octanol–water partition coefficient (Wildman–Crippen LogP) is -0.235. The van der Waals surface area contributed by atoms with E-state index < -0.39 is 12.0 Å². The molecule has 1 heterocycles. The molecule has 0 saturated heterocycles. The maximum Gasteiger partial charge on any atom is 0.320 e. The molecule has 0 aliphatic heterocycles. The highest BCUT2D eigenvalue weighted by Gasteiger charge is 2.11. The first-order chi connectivity index (χ1) is 6.09. The van der Waals surface area contributed by atoms with Gasteiger partial charge in [-0.15, -0.1) is 0 Å². The molecule has 1 unspecified atom stereocenters. The molecule has 72 valence electrons. The Morgan fingerprint density at radius 2 is 2.54 bits per heavy atom. The monoisotopic (exact) mass is 183 g/mol. The summed E-state index contributed by atoms with van der Waals surface area (Å²) in [4.78, 5) is 14.4. The van der Waals surface area contributed by atoms with Crippen LogP contribution in [0.3, 0.4) is 0 Å². The SMILES string of the molecule is Cn1cnc(CCC(N)C(=O)O)c1. The van der Waals surface area contributed by atoms with Gasteiger partial charge in [0.05, 0.1) is 12.0 Å². The Morgan fingerprint density at radius 3 is 3.00 bits per heavy atom. The number of carboxylic acid groups (broad SMARTS) is 1. The maximum atomic E-state index is 10.4. The van der Waals surface area contributed by atoms with E-state index in [2.05, 4.69) is 4.98 Å². The van der Waals surface area contributed by atoms with Crippen molar-refractivity contribution in [3.05, 3.63) is 18.2 Å². The molecule has 5 heteroatoms. The summed E-state index contributed by atoms with van der Waals surface area (Å²) in [5.41, 5.74) is 6.21. The molecule has 0 spiro atoms. The van der Waals surface area contributed by atoms with Gasteiger partial charge in [-0.2, -0.15) is 0 Å². The van der Waals surface area contributed by atoms with Gasteiger partial charge in [-0.05, 0) is 12.8 Å². The van der Waals surface area contributed by atoms with Crippen LogP contribution in [-0.2, 0) is 18.3 Å². The number of rotatable bonds is 4. The number of aryl methyl sites for hydroxylation is 2. The summed E-state index contributed by atoms with van der Waals surface area (Å²) in [5, 5.41) is 8.51. The van der Waals surface area contributed by atoms with Crippen molar-refractivity contribution in [1.29, 1.82) is 0 Å². The molecule has 0 bridgehead atoms. The van der Waals surface area contributed by atoms with Gasteiger partial charge in [-0.1, -0.05) is 0 Å². The number of nitrogens with two attached hydrogens (primary N) is 1. The van der Waals surface area contributed by atoms with Crippen LogP contribution in [0.5, 0.6) is 0 Å². The number of imidazole rings is 1. The molecule has 5 nitrogen and oxygen atoms in total. The Bertz CT molecular complexity index is 295. The average Bonchev–Trinajstić information content (AvgIpc) is 2.47. The topological polar surface area (TPSA) is 81.1 Å². The van der Waals surface area contributed by atoms with Gasteiger partial charge < -0.3 is 15.4 Å². The number of hydrogen-bond acceptors (Lipinski definition) is 3. The average molecular weight is 183 g/mol. The lowest BCUT2D eigenvalue weighted by Crippen LogP contribution is -2.30. The van der Waals surface area contributed by atoms with Gasteiger partial charge in [0.2, 0.25) is 0 Å². The zero-order chi connectivity index (χ0) is 9.84. The van der Waals surface area contributed by atoms with Crippen LogP contribution in [0.2, 0.25) is 0 Å². The summed E-state index contributed by atoms with van der Waals surface area (Å²) in [5.74, 6) is -0.962. The largest absolute Gasteiger partial charge is 0.480 e. The summed E-state index contributed by atoms with van der Waals surface area (Å²) in [6, 6.07) is -0.790. The van der Waals surface area contributed by atoms with Crippen molar-refractivity contribution in [3.8, 4) is 0 Å². The standard InChI is InChI=1S/C8H13N3O2/c1-11-4-6(10-5-11)2-3-7(9)8(12)13/h4-5,7H,2-3,9H2,1H3,(H,12,13). The molecule has 1 rings (SSSR count). The van der Waals surface area contributed by atoms with E-state index in [-0.39, 0.29) is 0 Å². The molecule has 0 aliphatic rings. The van der Waals surface area contributed by atoms with Crippen molar-refractivity contribution < 1.29 is 9.90 Å². The van der Waals surface area contributed by atoms with E-state index in [9.17, 15) is 4.79 Å². The molecular weight excluding hydrogens is 170 g/mol. The summed E-state index contributed by atoms with van der Waals surface area (Å²) >= 11 is 0. The Morgan fingerprint density at radius 1 is 1.85 bits per heavy atom. The van der Waals surface area contributed by atoms with Crippen LogP contribution < -0.4 is 5.73 Å². The molecule has 3 N–H and O–H groups in total. The predicted molar refractivity (Wildman–Crippen MR) is 47.1 cm³/mol. The second-order valence-electron chi connectivity index (χ2n) is 3.01. The van der Waals surface area contributed by atoms with E-state index in [1.165, 1.54) is 0 Å². The molecule has 0 radical (unpaired) electrons. The fourth-order valence-electron chi connectivity index (χ4n) is 1.02. The smallest absolute Gasteiger partial charge is 0.320 e. The van der Waals surface area contributed by atoms with Crippen LogP contribution in [-0.4, -0.2) is 26.7 Å². The highest BCUT2D eigenvalue weighted by Crippen LogP contribution is 2.00. The Kier molecular flexibility index (Phi) is 3.02. The Hall–Kier alpha value is -1.36. The number of carbonyl (C=O) groups is 1. The fourth-order valence-corrected chi connectivity index (χ4v) is 1.02. The van der Waals surface area contributed by atoms with Crippen LogP contribution in [0.25, 0.3) is 0 Å². The maximum absolute atomic E-state index is 10.4. The van der Waals surface area contributed by atoms with Crippen LogP contribution in [0.4, 0.5) is 0 Å². The lowest BCUT2D eigenvalue weighted by atomic mass is 10.1. The molecule has 1 aromatic rings. The molecular formula is C8H13N3O2. The molecule has 1 atom stereocenters. The molecule has 0 fully saturated rings. The minimum atomic E-state index is -0.962. The first-order valence-electron chi connectivity index (χ1n) is 4.05. The summed E-state index contributed by atoms with van der Waals surface area (Å²) < 4.78 is 1.82. The van der Waals surface area contributed by atoms with Gasteiger partial charge in [0.1, 0.15) is 6.04 Å². The molecule has 0 saturated carbocycles. The minimum absolute atomic E-state index is 0.423. The molecule has 13 heavy (non-hydrogen) atoms. The van der Waals surface area contributed by atoms with Gasteiger partial charge in [0.25, 0.3) is 0 Å². The van der Waals surface area contributed by atoms with Gasteiger partial charge in [0.15, 0.2) is 0 Å². The number of nitrogens with zero attached hydrogens (tertiary/aromatic N) is 2. The van der Waals surface area contributed by atoms with Crippen LogP contribution >= 0.6 is 0 Å². The van der Waals surface area contributed by atoms with E-state index in [4.69, 9.17) is 10.8 Å². The Balaban J connectivity index is 2.39. The molecule has 1 aromatic heterocycles. The number of aliphatic carboxylic acids is 1. The van der Waals surface area contributed by atoms with Crippen LogP contribution in [0.1, 0.15) is 12.1 Å². The van der Waals surface area contributed by atoms with Gasteiger partial charge >= 0.3 is 5.97 Å². The minimum Gasteiger partial charge on any atom is -0.480 e. The highest BCUT2D eigenvalue weighted by molar-refractivity contribution is 5.72. The van der Waals surface area contributed by atoms with Crippen molar-refractivity contribution in [1.82, 2.24) is 9.55 Å². The van der Waals surface area contributed by atoms with E-state index in [0.717, 1.165) is 5.69 Å². The second kappa shape index (κ2) is 4.04. The van der Waals surface area contributed by atoms with E-state index in [1.807, 2.05) is 17.8 Å². The highest BCUT2D eigenvalue weighted by atomic mass is 16.4. The number of aromatic nitrogens is 2. The molecule has 0 aliphatic carbocycles. The normalized spacial score (nSPS) is 12.8. The second-order valence-corrected chi connectivity index (χ2v) is 3.01.